The minimum absolute atomic E-state index is 0.647. The van der Waals surface area contributed by atoms with E-state index in [0.717, 1.165) is 12.1 Å². The van der Waals surface area contributed by atoms with Crippen molar-refractivity contribution in [2.75, 3.05) is 12.3 Å². The van der Waals surface area contributed by atoms with Crippen LogP contribution in [0.15, 0.2) is 59.5 Å². The molecule has 0 aliphatic rings. The molecule has 21 heavy (non-hydrogen) atoms. The quantitative estimate of drug-likeness (QED) is 0.815. The van der Waals surface area contributed by atoms with E-state index < -0.39 is 5.54 Å². The molecule has 0 aliphatic heterocycles. The van der Waals surface area contributed by atoms with E-state index in [9.17, 15) is 5.26 Å². The lowest BCUT2D eigenvalue weighted by molar-refractivity contribution is 0.490. The second-order valence-corrected chi connectivity index (χ2v) is 6.06. The normalized spacial score (nSPS) is 13.4. The van der Waals surface area contributed by atoms with Gasteiger partial charge < -0.3 is 0 Å². The van der Waals surface area contributed by atoms with Gasteiger partial charge in [-0.25, -0.2) is 0 Å². The number of nitrogens with one attached hydrogen (secondary N) is 1. The highest BCUT2D eigenvalue weighted by Crippen LogP contribution is 2.29. The number of nitriles is 1. The first-order valence-electron chi connectivity index (χ1n) is 7.11. The van der Waals surface area contributed by atoms with Crippen LogP contribution >= 0.6 is 11.8 Å². The van der Waals surface area contributed by atoms with Gasteiger partial charge in [0.25, 0.3) is 0 Å². The smallest absolute Gasteiger partial charge is 0.141 e. The maximum atomic E-state index is 9.76. The zero-order chi connectivity index (χ0) is 15.1. The average molecular weight is 296 g/mol. The van der Waals surface area contributed by atoms with E-state index in [0.29, 0.717) is 5.75 Å². The summed E-state index contributed by atoms with van der Waals surface area (Å²) >= 11 is 1.71. The largest absolute Gasteiger partial charge is 0.295 e. The lowest BCUT2D eigenvalue weighted by Crippen LogP contribution is -2.43. The summed E-state index contributed by atoms with van der Waals surface area (Å²) in [5.74, 6) is 0.685. The van der Waals surface area contributed by atoms with Crippen LogP contribution in [0.3, 0.4) is 0 Å². The summed E-state index contributed by atoms with van der Waals surface area (Å²) in [6.07, 6.45) is 0. The van der Waals surface area contributed by atoms with Crippen LogP contribution in [-0.2, 0) is 5.54 Å². The van der Waals surface area contributed by atoms with Crippen LogP contribution in [0.5, 0.6) is 0 Å². The molecule has 0 amide bonds. The van der Waals surface area contributed by atoms with Crippen LogP contribution in [0.2, 0.25) is 0 Å². The lowest BCUT2D eigenvalue weighted by Gasteiger charge is -2.27. The monoisotopic (exact) mass is 296 g/mol. The third-order valence-electron chi connectivity index (χ3n) is 3.41. The Morgan fingerprint density at radius 1 is 1.10 bits per heavy atom. The van der Waals surface area contributed by atoms with Gasteiger partial charge in [-0.1, -0.05) is 55.0 Å². The van der Waals surface area contributed by atoms with Crippen LogP contribution < -0.4 is 5.32 Å². The number of aryl methyl sites for hydroxylation is 1. The molecule has 0 heterocycles. The molecule has 0 aliphatic carbocycles. The predicted molar refractivity (Wildman–Crippen MR) is 89.3 cm³/mol. The van der Waals surface area contributed by atoms with Gasteiger partial charge in [-0.3, -0.25) is 5.32 Å². The Balaban J connectivity index is 2.21. The molecule has 0 bridgehead atoms. The van der Waals surface area contributed by atoms with Gasteiger partial charge in [-0.15, -0.1) is 11.8 Å². The molecule has 1 N–H and O–H groups in total. The van der Waals surface area contributed by atoms with Crippen molar-refractivity contribution in [1.29, 1.82) is 5.26 Å². The van der Waals surface area contributed by atoms with Crippen LogP contribution in [0.1, 0.15) is 18.1 Å². The highest BCUT2D eigenvalue weighted by molar-refractivity contribution is 7.99. The Hall–Kier alpha value is -1.76. The Labute approximate surface area is 131 Å². The van der Waals surface area contributed by atoms with E-state index in [2.05, 4.69) is 42.6 Å². The van der Waals surface area contributed by atoms with Gasteiger partial charge >= 0.3 is 0 Å². The first-order chi connectivity index (χ1) is 10.2. The maximum Gasteiger partial charge on any atom is 0.141 e. The van der Waals surface area contributed by atoms with Crippen molar-refractivity contribution in [3.05, 3.63) is 65.7 Å². The number of benzene rings is 2. The van der Waals surface area contributed by atoms with Gasteiger partial charge in [-0.05, 0) is 31.2 Å². The van der Waals surface area contributed by atoms with Crippen molar-refractivity contribution in [3.8, 4) is 6.07 Å². The van der Waals surface area contributed by atoms with Gasteiger partial charge in [0, 0.05) is 10.6 Å². The van der Waals surface area contributed by atoms with E-state index in [1.807, 2.05) is 37.3 Å². The summed E-state index contributed by atoms with van der Waals surface area (Å²) in [5.41, 5.74) is 1.63. The molecule has 2 aromatic carbocycles. The average Bonchev–Trinajstić information content (AvgIpc) is 2.54. The second kappa shape index (κ2) is 7.31. The fraction of sp³-hybridized carbons (Fsp3) is 0.278. The summed E-state index contributed by atoms with van der Waals surface area (Å²) in [6.45, 7) is 4.87. The number of rotatable bonds is 6. The molecule has 0 fully saturated rings. The number of hydrogen-bond donors (Lipinski definition) is 1. The van der Waals surface area contributed by atoms with E-state index >= 15 is 0 Å². The fourth-order valence-corrected chi connectivity index (χ4v) is 3.27. The molecule has 0 saturated heterocycles. The van der Waals surface area contributed by atoms with Crippen molar-refractivity contribution >= 4 is 11.8 Å². The first kappa shape index (κ1) is 15.6. The molecule has 1 unspecified atom stereocenters. The summed E-state index contributed by atoms with van der Waals surface area (Å²) < 4.78 is 0. The van der Waals surface area contributed by atoms with Gasteiger partial charge in [0.2, 0.25) is 0 Å². The molecule has 0 aromatic heterocycles. The summed E-state index contributed by atoms with van der Waals surface area (Å²) in [6, 6.07) is 20.9. The van der Waals surface area contributed by atoms with Crippen molar-refractivity contribution in [2.45, 2.75) is 24.3 Å². The number of thioether (sulfide) groups is 1. The minimum atomic E-state index is -0.647. The summed E-state index contributed by atoms with van der Waals surface area (Å²) in [7, 11) is 0. The highest BCUT2D eigenvalue weighted by Gasteiger charge is 2.31. The fourth-order valence-electron chi connectivity index (χ4n) is 2.22. The highest BCUT2D eigenvalue weighted by atomic mass is 32.2. The molecule has 0 spiro atoms. The van der Waals surface area contributed by atoms with E-state index in [1.165, 1.54) is 10.5 Å². The first-order valence-corrected chi connectivity index (χ1v) is 8.10. The van der Waals surface area contributed by atoms with Crippen molar-refractivity contribution < 1.29 is 0 Å². The Morgan fingerprint density at radius 3 is 2.33 bits per heavy atom. The molecular weight excluding hydrogens is 276 g/mol. The molecule has 2 rings (SSSR count). The molecule has 0 saturated carbocycles. The van der Waals surface area contributed by atoms with Gasteiger partial charge in [0.15, 0.2) is 0 Å². The molecule has 2 nitrogen and oxygen atoms in total. The van der Waals surface area contributed by atoms with E-state index in [-0.39, 0.29) is 0 Å². The molecular formula is C18H20N2S. The third kappa shape index (κ3) is 3.87. The Morgan fingerprint density at radius 2 is 1.76 bits per heavy atom. The van der Waals surface area contributed by atoms with Crippen LogP contribution in [0, 0.1) is 18.3 Å². The Bertz CT molecular complexity index is 601. The molecule has 0 radical (unpaired) electrons. The zero-order valence-electron chi connectivity index (χ0n) is 12.5. The minimum Gasteiger partial charge on any atom is -0.295 e. The molecule has 3 heteroatoms. The van der Waals surface area contributed by atoms with Crippen molar-refractivity contribution in [3.63, 3.8) is 0 Å². The van der Waals surface area contributed by atoms with Crippen LogP contribution in [-0.4, -0.2) is 12.3 Å². The number of hydrogen-bond acceptors (Lipinski definition) is 3. The summed E-state index contributed by atoms with van der Waals surface area (Å²) in [5, 5.41) is 13.1. The third-order valence-corrected chi connectivity index (χ3v) is 4.60. The number of nitrogens with zero attached hydrogens (tertiary/aromatic N) is 1. The topological polar surface area (TPSA) is 35.8 Å². The lowest BCUT2D eigenvalue weighted by atomic mass is 9.93. The molecule has 1 atom stereocenters. The zero-order valence-corrected chi connectivity index (χ0v) is 13.3. The standard InChI is InChI=1S/C18H20N2S/c1-3-20-18(13-19,16-7-5-4-6-8-16)14-21-17-11-9-15(2)10-12-17/h4-12,20H,3,14H2,1-2H3. The predicted octanol–water partition coefficient (Wildman–Crippen LogP) is 4.12. The SMILES string of the molecule is CCNC(C#N)(CSc1ccc(C)cc1)c1ccccc1. The maximum absolute atomic E-state index is 9.76. The van der Waals surface area contributed by atoms with Crippen molar-refractivity contribution in [2.24, 2.45) is 0 Å². The van der Waals surface area contributed by atoms with Crippen LogP contribution in [0.4, 0.5) is 0 Å². The van der Waals surface area contributed by atoms with Gasteiger partial charge in [0.1, 0.15) is 5.54 Å². The van der Waals surface area contributed by atoms with Gasteiger partial charge in [-0.2, -0.15) is 5.26 Å². The van der Waals surface area contributed by atoms with E-state index in [1.54, 1.807) is 11.8 Å². The van der Waals surface area contributed by atoms with Crippen LogP contribution in [0.25, 0.3) is 0 Å². The van der Waals surface area contributed by atoms with E-state index in [4.69, 9.17) is 0 Å². The van der Waals surface area contributed by atoms with Crippen molar-refractivity contribution in [1.82, 2.24) is 5.32 Å². The van der Waals surface area contributed by atoms with Gasteiger partial charge in [0.05, 0.1) is 6.07 Å². The summed E-state index contributed by atoms with van der Waals surface area (Å²) in [4.78, 5) is 1.19. The Kier molecular flexibility index (Phi) is 5.44. The molecule has 108 valence electrons. The molecule has 2 aromatic rings. The second-order valence-electron chi connectivity index (χ2n) is 5.02.